The van der Waals surface area contributed by atoms with Crippen molar-refractivity contribution in [2.75, 3.05) is 25.6 Å². The van der Waals surface area contributed by atoms with E-state index >= 15 is 0 Å². The highest BCUT2D eigenvalue weighted by molar-refractivity contribution is 5.91. The van der Waals surface area contributed by atoms with Crippen LogP contribution in [0.1, 0.15) is 25.0 Å². The smallest absolute Gasteiger partial charge is 0.224 e. The van der Waals surface area contributed by atoms with Crippen LogP contribution in [0.3, 0.4) is 0 Å². The van der Waals surface area contributed by atoms with E-state index in [4.69, 9.17) is 14.2 Å². The average Bonchev–Trinajstić information content (AvgIpc) is 2.78. The lowest BCUT2D eigenvalue weighted by molar-refractivity contribution is -0.117. The number of carbonyl (C=O) groups excluding carboxylic acids is 1. The van der Waals surface area contributed by atoms with Crippen LogP contribution in [0.15, 0.2) is 54.6 Å². The summed E-state index contributed by atoms with van der Waals surface area (Å²) in [5, 5.41) is 4.06. The lowest BCUT2D eigenvalue weighted by Crippen LogP contribution is -2.22. The van der Waals surface area contributed by atoms with E-state index in [1.54, 1.807) is 19.2 Å². The van der Waals surface area contributed by atoms with Crippen molar-refractivity contribution in [2.24, 2.45) is 5.92 Å². The first-order chi connectivity index (χ1) is 14.7. The Bertz CT molecular complexity index is 1020. The number of nitrogens with zero attached hydrogens (tertiary/aromatic N) is 1. The molecule has 0 bridgehead atoms. The molecule has 1 fully saturated rings. The molecule has 1 amide bonds. The molecule has 1 N–H and O–H groups in total. The largest absolute Gasteiger partial charge is 0.493 e. The second-order valence-electron chi connectivity index (χ2n) is 7.46. The summed E-state index contributed by atoms with van der Waals surface area (Å²) < 4.78 is 16.8. The number of benzene rings is 2. The quantitative estimate of drug-likeness (QED) is 0.622. The summed E-state index contributed by atoms with van der Waals surface area (Å²) in [5.41, 5.74) is 2.44. The Hall–Kier alpha value is -3.12. The zero-order valence-electron chi connectivity index (χ0n) is 17.1. The molecule has 1 aliphatic rings. The second kappa shape index (κ2) is 9.59. The molecule has 2 heterocycles. The third-order valence-electron chi connectivity index (χ3n) is 5.29. The molecule has 4 rings (SSSR count). The van der Waals surface area contributed by atoms with Gasteiger partial charge in [0.05, 0.1) is 18.3 Å². The first-order valence-corrected chi connectivity index (χ1v) is 10.2. The molecule has 3 aromatic rings. The van der Waals surface area contributed by atoms with Crippen LogP contribution >= 0.6 is 0 Å². The van der Waals surface area contributed by atoms with Gasteiger partial charge in [0, 0.05) is 36.8 Å². The number of fused-ring (bicyclic) bond motifs is 1. The minimum atomic E-state index is 0.00853. The van der Waals surface area contributed by atoms with Crippen LogP contribution in [-0.2, 0) is 16.1 Å². The molecule has 0 atom stereocenters. The third-order valence-corrected chi connectivity index (χ3v) is 5.29. The SMILES string of the molecule is COc1ccc(NC(=O)CC2CCOCC2)cc1OCc1ccc2ccccc2n1. The molecule has 30 heavy (non-hydrogen) atoms. The number of amides is 1. The molecule has 0 saturated carbocycles. The van der Waals surface area contributed by atoms with E-state index in [1.165, 1.54) is 0 Å². The maximum atomic E-state index is 12.4. The highest BCUT2D eigenvalue weighted by atomic mass is 16.5. The van der Waals surface area contributed by atoms with Crippen molar-refractivity contribution in [2.45, 2.75) is 25.9 Å². The molecule has 6 heteroatoms. The minimum absolute atomic E-state index is 0.00853. The zero-order valence-corrected chi connectivity index (χ0v) is 17.1. The number of rotatable bonds is 7. The van der Waals surface area contributed by atoms with Gasteiger partial charge >= 0.3 is 0 Å². The van der Waals surface area contributed by atoms with Crippen molar-refractivity contribution in [3.8, 4) is 11.5 Å². The Balaban J connectivity index is 1.41. The molecule has 1 aliphatic heterocycles. The van der Waals surface area contributed by atoms with E-state index < -0.39 is 0 Å². The van der Waals surface area contributed by atoms with E-state index in [9.17, 15) is 4.79 Å². The molecule has 1 saturated heterocycles. The van der Waals surface area contributed by atoms with Crippen molar-refractivity contribution in [1.29, 1.82) is 0 Å². The third kappa shape index (κ3) is 5.07. The summed E-state index contributed by atoms with van der Waals surface area (Å²) >= 11 is 0. The van der Waals surface area contributed by atoms with Gasteiger partial charge in [-0.3, -0.25) is 4.79 Å². The Labute approximate surface area is 176 Å². The first kappa shape index (κ1) is 20.2. The van der Waals surface area contributed by atoms with Crippen LogP contribution in [-0.4, -0.2) is 31.2 Å². The number of carbonyl (C=O) groups is 1. The summed E-state index contributed by atoms with van der Waals surface area (Å²) in [4.78, 5) is 17.1. The number of pyridine rings is 1. The lowest BCUT2D eigenvalue weighted by atomic mass is 9.96. The van der Waals surface area contributed by atoms with Crippen molar-refractivity contribution >= 4 is 22.5 Å². The molecule has 156 valence electrons. The summed E-state index contributed by atoms with van der Waals surface area (Å²) in [6.45, 7) is 1.78. The Kier molecular flexibility index (Phi) is 6.44. The van der Waals surface area contributed by atoms with Gasteiger partial charge < -0.3 is 19.5 Å². The fourth-order valence-corrected chi connectivity index (χ4v) is 3.63. The molecule has 0 unspecified atom stereocenters. The maximum Gasteiger partial charge on any atom is 0.224 e. The topological polar surface area (TPSA) is 69.7 Å². The van der Waals surface area contributed by atoms with Gasteiger partial charge in [-0.05, 0) is 43.0 Å². The molecule has 0 spiro atoms. The van der Waals surface area contributed by atoms with Gasteiger partial charge in [-0.25, -0.2) is 4.98 Å². The van der Waals surface area contributed by atoms with Crippen molar-refractivity contribution in [3.05, 3.63) is 60.3 Å². The predicted octanol–water partition coefficient (Wildman–Crippen LogP) is 4.58. The molecular formula is C24H26N2O4. The molecule has 1 aromatic heterocycles. The number of para-hydroxylation sites is 1. The highest BCUT2D eigenvalue weighted by Gasteiger charge is 2.18. The van der Waals surface area contributed by atoms with Gasteiger partial charge in [-0.2, -0.15) is 0 Å². The first-order valence-electron chi connectivity index (χ1n) is 10.2. The summed E-state index contributed by atoms with van der Waals surface area (Å²) in [7, 11) is 1.60. The normalized spacial score (nSPS) is 14.4. The fraction of sp³-hybridized carbons (Fsp3) is 0.333. The molecule has 0 aliphatic carbocycles. The van der Waals surface area contributed by atoms with Gasteiger partial charge in [0.25, 0.3) is 0 Å². The monoisotopic (exact) mass is 406 g/mol. The number of methoxy groups -OCH3 is 1. The Morgan fingerprint density at radius 3 is 2.77 bits per heavy atom. The van der Waals surface area contributed by atoms with Crippen molar-refractivity contribution in [1.82, 2.24) is 4.98 Å². The van der Waals surface area contributed by atoms with Gasteiger partial charge in [-0.15, -0.1) is 0 Å². The fourth-order valence-electron chi connectivity index (χ4n) is 3.63. The van der Waals surface area contributed by atoms with E-state index in [0.29, 0.717) is 36.1 Å². The molecule has 0 radical (unpaired) electrons. The number of aromatic nitrogens is 1. The van der Waals surface area contributed by atoms with E-state index in [2.05, 4.69) is 10.3 Å². The second-order valence-corrected chi connectivity index (χ2v) is 7.46. The maximum absolute atomic E-state index is 12.4. The van der Waals surface area contributed by atoms with Gasteiger partial charge in [0.2, 0.25) is 5.91 Å². The standard InChI is InChI=1S/C24H26N2O4/c1-28-22-9-8-19(26-24(27)14-17-10-12-29-13-11-17)15-23(22)30-16-20-7-6-18-4-2-3-5-21(18)25-20/h2-9,15,17H,10-14,16H2,1H3,(H,26,27). The summed E-state index contributed by atoms with van der Waals surface area (Å²) in [5.74, 6) is 1.57. The van der Waals surface area contributed by atoms with E-state index in [1.807, 2.05) is 42.5 Å². The van der Waals surface area contributed by atoms with Crippen LogP contribution in [0.25, 0.3) is 10.9 Å². The highest BCUT2D eigenvalue weighted by Crippen LogP contribution is 2.31. The van der Waals surface area contributed by atoms with Gasteiger partial charge in [0.15, 0.2) is 11.5 Å². The predicted molar refractivity (Wildman–Crippen MR) is 116 cm³/mol. The summed E-state index contributed by atoms with van der Waals surface area (Å²) in [6, 6.07) is 17.4. The van der Waals surface area contributed by atoms with Crippen molar-refractivity contribution < 1.29 is 19.0 Å². The van der Waals surface area contributed by atoms with Crippen LogP contribution in [0.2, 0.25) is 0 Å². The number of ether oxygens (including phenoxy) is 3. The number of hydrogen-bond donors (Lipinski definition) is 1. The molecule has 6 nitrogen and oxygen atoms in total. The number of anilines is 1. The summed E-state index contributed by atoms with van der Waals surface area (Å²) in [6.07, 6.45) is 2.37. The number of nitrogens with one attached hydrogen (secondary N) is 1. The van der Waals surface area contributed by atoms with Crippen LogP contribution in [0.5, 0.6) is 11.5 Å². The van der Waals surface area contributed by atoms with Crippen LogP contribution in [0.4, 0.5) is 5.69 Å². The number of hydrogen-bond acceptors (Lipinski definition) is 5. The van der Waals surface area contributed by atoms with Crippen molar-refractivity contribution in [3.63, 3.8) is 0 Å². The van der Waals surface area contributed by atoms with Gasteiger partial charge in [0.1, 0.15) is 6.61 Å². The molecular weight excluding hydrogens is 380 g/mol. The Morgan fingerprint density at radius 1 is 1.10 bits per heavy atom. The Morgan fingerprint density at radius 2 is 1.93 bits per heavy atom. The van der Waals surface area contributed by atoms with Crippen LogP contribution < -0.4 is 14.8 Å². The zero-order chi connectivity index (χ0) is 20.8. The van der Waals surface area contributed by atoms with Crippen LogP contribution in [0, 0.1) is 5.92 Å². The van der Waals surface area contributed by atoms with E-state index in [-0.39, 0.29) is 5.91 Å². The molecule has 2 aromatic carbocycles. The van der Waals surface area contributed by atoms with Gasteiger partial charge in [-0.1, -0.05) is 24.3 Å². The average molecular weight is 406 g/mol. The lowest BCUT2D eigenvalue weighted by Gasteiger charge is -2.21. The van der Waals surface area contributed by atoms with E-state index in [0.717, 1.165) is 42.7 Å². The minimum Gasteiger partial charge on any atom is -0.493 e.